The number of benzene rings is 1. The zero-order chi connectivity index (χ0) is 11.3. The number of nitrogens with one attached hydrogen (secondary N) is 1. The Morgan fingerprint density at radius 3 is 2.60 bits per heavy atom. The van der Waals surface area contributed by atoms with E-state index in [0.717, 1.165) is 18.5 Å². The largest absolute Gasteiger partial charge is 0.314 e. The van der Waals surface area contributed by atoms with Crippen LogP contribution >= 0.6 is 0 Å². The van der Waals surface area contributed by atoms with E-state index in [1.54, 1.807) is 12.1 Å². The van der Waals surface area contributed by atoms with Gasteiger partial charge in [-0.1, -0.05) is 32.9 Å². The highest BCUT2D eigenvalue weighted by Gasteiger charge is 2.16. The van der Waals surface area contributed by atoms with Gasteiger partial charge in [0.15, 0.2) is 0 Å². The van der Waals surface area contributed by atoms with Crippen LogP contribution in [-0.4, -0.2) is 12.6 Å². The highest BCUT2D eigenvalue weighted by atomic mass is 19.1. The Balaban J connectivity index is 2.77. The maximum absolute atomic E-state index is 13.1. The molecule has 1 nitrogen and oxygen atoms in total. The standard InChI is InChI=1S/C13H20FN/c1-4-13(15-5-2)10(3)11-7-6-8-12(14)9-11/h6-10,13,15H,4-5H2,1-3H3. The quantitative estimate of drug-likeness (QED) is 0.784. The van der Waals surface area contributed by atoms with E-state index in [1.165, 1.54) is 6.07 Å². The lowest BCUT2D eigenvalue weighted by atomic mass is 9.91. The van der Waals surface area contributed by atoms with E-state index in [0.29, 0.717) is 12.0 Å². The maximum atomic E-state index is 13.1. The monoisotopic (exact) mass is 209 g/mol. The number of likely N-dealkylation sites (N-methyl/N-ethyl adjacent to an activating group) is 1. The molecule has 0 aliphatic heterocycles. The van der Waals surface area contributed by atoms with Gasteiger partial charge in [-0.2, -0.15) is 0 Å². The van der Waals surface area contributed by atoms with Crippen LogP contribution in [0.15, 0.2) is 24.3 Å². The molecule has 0 fully saturated rings. The molecule has 15 heavy (non-hydrogen) atoms. The molecule has 1 aromatic carbocycles. The second kappa shape index (κ2) is 5.86. The number of halogens is 1. The van der Waals surface area contributed by atoms with Crippen molar-refractivity contribution in [3.8, 4) is 0 Å². The van der Waals surface area contributed by atoms with Crippen LogP contribution < -0.4 is 5.32 Å². The van der Waals surface area contributed by atoms with Crippen LogP contribution in [-0.2, 0) is 0 Å². The first-order chi connectivity index (χ1) is 7.19. The van der Waals surface area contributed by atoms with Crippen molar-refractivity contribution in [1.82, 2.24) is 5.32 Å². The molecule has 0 amide bonds. The van der Waals surface area contributed by atoms with Crippen molar-refractivity contribution in [2.75, 3.05) is 6.54 Å². The Bertz CT molecular complexity index is 298. The second-order valence-electron chi connectivity index (χ2n) is 3.92. The Hall–Kier alpha value is -0.890. The first-order valence-corrected chi connectivity index (χ1v) is 5.67. The van der Waals surface area contributed by atoms with Gasteiger partial charge >= 0.3 is 0 Å². The van der Waals surface area contributed by atoms with E-state index in [2.05, 4.69) is 26.1 Å². The predicted octanol–water partition coefficient (Wildman–Crippen LogP) is 3.32. The fraction of sp³-hybridized carbons (Fsp3) is 0.538. The minimum Gasteiger partial charge on any atom is -0.314 e. The van der Waals surface area contributed by atoms with E-state index in [4.69, 9.17) is 0 Å². The van der Waals surface area contributed by atoms with Gasteiger partial charge in [0.25, 0.3) is 0 Å². The molecule has 2 unspecified atom stereocenters. The third-order valence-corrected chi connectivity index (χ3v) is 2.88. The summed E-state index contributed by atoms with van der Waals surface area (Å²) in [6, 6.07) is 7.32. The first kappa shape index (κ1) is 12.2. The molecule has 1 N–H and O–H groups in total. The summed E-state index contributed by atoms with van der Waals surface area (Å²) in [5.74, 6) is 0.205. The summed E-state index contributed by atoms with van der Waals surface area (Å²) < 4.78 is 13.1. The van der Waals surface area contributed by atoms with Gasteiger partial charge in [-0.25, -0.2) is 4.39 Å². The summed E-state index contributed by atoms with van der Waals surface area (Å²) in [7, 11) is 0. The summed E-state index contributed by atoms with van der Waals surface area (Å²) in [4.78, 5) is 0. The van der Waals surface area contributed by atoms with Crippen LogP contribution in [0.4, 0.5) is 4.39 Å². The molecule has 0 saturated heterocycles. The molecule has 84 valence electrons. The van der Waals surface area contributed by atoms with Crippen molar-refractivity contribution < 1.29 is 4.39 Å². The molecule has 1 rings (SSSR count). The lowest BCUT2D eigenvalue weighted by Crippen LogP contribution is -2.33. The fourth-order valence-electron chi connectivity index (χ4n) is 1.96. The molecule has 0 radical (unpaired) electrons. The molecule has 0 bridgehead atoms. The van der Waals surface area contributed by atoms with Gasteiger partial charge in [-0.15, -0.1) is 0 Å². The van der Waals surface area contributed by atoms with Crippen LogP contribution in [0.3, 0.4) is 0 Å². The van der Waals surface area contributed by atoms with Gasteiger partial charge in [-0.05, 0) is 36.6 Å². The van der Waals surface area contributed by atoms with Gasteiger partial charge < -0.3 is 5.32 Å². The van der Waals surface area contributed by atoms with Crippen molar-refractivity contribution in [2.45, 2.75) is 39.2 Å². The van der Waals surface area contributed by atoms with Crippen molar-refractivity contribution in [2.24, 2.45) is 0 Å². The first-order valence-electron chi connectivity index (χ1n) is 5.67. The van der Waals surface area contributed by atoms with Crippen molar-refractivity contribution >= 4 is 0 Å². The summed E-state index contributed by atoms with van der Waals surface area (Å²) in [5, 5.41) is 3.43. The fourth-order valence-corrected chi connectivity index (χ4v) is 1.96. The van der Waals surface area contributed by atoms with Crippen LogP contribution in [0, 0.1) is 5.82 Å². The Kier molecular flexibility index (Phi) is 4.76. The van der Waals surface area contributed by atoms with Gasteiger partial charge in [0.05, 0.1) is 0 Å². The van der Waals surface area contributed by atoms with Crippen molar-refractivity contribution in [3.63, 3.8) is 0 Å². The molecule has 2 heteroatoms. The molecule has 0 spiro atoms. The minimum atomic E-state index is -0.147. The molecule has 0 heterocycles. The minimum absolute atomic E-state index is 0.147. The summed E-state index contributed by atoms with van der Waals surface area (Å²) in [6.45, 7) is 7.36. The van der Waals surface area contributed by atoms with E-state index in [9.17, 15) is 4.39 Å². The van der Waals surface area contributed by atoms with E-state index < -0.39 is 0 Å². The van der Waals surface area contributed by atoms with Crippen molar-refractivity contribution in [3.05, 3.63) is 35.6 Å². The predicted molar refractivity (Wildman–Crippen MR) is 62.6 cm³/mol. The normalized spacial score (nSPS) is 14.9. The number of hydrogen-bond acceptors (Lipinski definition) is 1. The SMILES string of the molecule is CCNC(CC)C(C)c1cccc(F)c1. The molecule has 2 atom stereocenters. The van der Waals surface area contributed by atoms with Gasteiger partial charge in [-0.3, -0.25) is 0 Å². The molecular formula is C13H20FN. The molecule has 0 aromatic heterocycles. The second-order valence-corrected chi connectivity index (χ2v) is 3.92. The number of rotatable bonds is 5. The molecule has 0 saturated carbocycles. The maximum Gasteiger partial charge on any atom is 0.123 e. The Morgan fingerprint density at radius 2 is 2.07 bits per heavy atom. The zero-order valence-electron chi connectivity index (χ0n) is 9.76. The third kappa shape index (κ3) is 3.31. The average molecular weight is 209 g/mol. The molecular weight excluding hydrogens is 189 g/mol. The Labute approximate surface area is 91.7 Å². The lowest BCUT2D eigenvalue weighted by Gasteiger charge is -2.23. The topological polar surface area (TPSA) is 12.0 Å². The van der Waals surface area contributed by atoms with Crippen LogP contribution in [0.5, 0.6) is 0 Å². The average Bonchev–Trinajstić information content (AvgIpc) is 2.25. The van der Waals surface area contributed by atoms with Gasteiger partial charge in [0.2, 0.25) is 0 Å². The van der Waals surface area contributed by atoms with Crippen LogP contribution in [0.1, 0.15) is 38.7 Å². The van der Waals surface area contributed by atoms with E-state index in [-0.39, 0.29) is 5.82 Å². The lowest BCUT2D eigenvalue weighted by molar-refractivity contribution is 0.447. The van der Waals surface area contributed by atoms with Gasteiger partial charge in [0.1, 0.15) is 5.82 Å². The smallest absolute Gasteiger partial charge is 0.123 e. The zero-order valence-corrected chi connectivity index (χ0v) is 9.76. The van der Waals surface area contributed by atoms with E-state index in [1.807, 2.05) is 6.07 Å². The van der Waals surface area contributed by atoms with Crippen LogP contribution in [0.2, 0.25) is 0 Å². The molecule has 0 aliphatic rings. The summed E-state index contributed by atoms with van der Waals surface area (Å²) >= 11 is 0. The summed E-state index contributed by atoms with van der Waals surface area (Å²) in [5.41, 5.74) is 1.07. The molecule has 0 aliphatic carbocycles. The molecule has 1 aromatic rings. The number of hydrogen-bond donors (Lipinski definition) is 1. The van der Waals surface area contributed by atoms with Crippen LogP contribution in [0.25, 0.3) is 0 Å². The third-order valence-electron chi connectivity index (χ3n) is 2.88. The van der Waals surface area contributed by atoms with E-state index >= 15 is 0 Å². The van der Waals surface area contributed by atoms with Crippen molar-refractivity contribution in [1.29, 1.82) is 0 Å². The Morgan fingerprint density at radius 1 is 1.33 bits per heavy atom. The summed E-state index contributed by atoms with van der Waals surface area (Å²) in [6.07, 6.45) is 1.06. The highest BCUT2D eigenvalue weighted by Crippen LogP contribution is 2.21. The van der Waals surface area contributed by atoms with Gasteiger partial charge in [0, 0.05) is 6.04 Å². The highest BCUT2D eigenvalue weighted by molar-refractivity contribution is 5.21.